The summed E-state index contributed by atoms with van der Waals surface area (Å²) in [6.45, 7) is -0.146. The molecule has 0 aliphatic rings. The van der Waals surface area contributed by atoms with Gasteiger partial charge in [0.2, 0.25) is 0 Å². The van der Waals surface area contributed by atoms with Gasteiger partial charge in [0.05, 0.1) is 29.8 Å². The third-order valence-corrected chi connectivity index (χ3v) is 4.20. The summed E-state index contributed by atoms with van der Waals surface area (Å²) in [5.41, 5.74) is 2.24. The molecule has 7 nitrogen and oxygen atoms in total. The zero-order chi connectivity index (χ0) is 17.0. The van der Waals surface area contributed by atoms with E-state index in [4.69, 9.17) is 0 Å². The van der Waals surface area contributed by atoms with Gasteiger partial charge in [-0.3, -0.25) is 9.54 Å². The van der Waals surface area contributed by atoms with Crippen LogP contribution in [0, 0.1) is 0 Å². The van der Waals surface area contributed by atoms with Gasteiger partial charge in [-0.15, -0.1) is 0 Å². The van der Waals surface area contributed by atoms with Crippen molar-refractivity contribution < 1.29 is 13.0 Å². The Kier molecular flexibility index (Phi) is 4.50. The first-order valence-corrected chi connectivity index (χ1v) is 8.47. The van der Waals surface area contributed by atoms with Crippen LogP contribution in [0.25, 0.3) is 11.3 Å². The summed E-state index contributed by atoms with van der Waals surface area (Å²) in [5.74, 6) is 0. The van der Waals surface area contributed by atoms with Crippen molar-refractivity contribution in [3.8, 4) is 11.3 Å². The third kappa shape index (κ3) is 3.73. The topological polar surface area (TPSA) is 96.3 Å². The van der Waals surface area contributed by atoms with Gasteiger partial charge in [-0.05, 0) is 24.3 Å². The van der Waals surface area contributed by atoms with Gasteiger partial charge in [-0.2, -0.15) is 18.6 Å². The Morgan fingerprint density at radius 3 is 2.33 bits per heavy atom. The van der Waals surface area contributed by atoms with Crippen LogP contribution in [0.3, 0.4) is 0 Å². The minimum Gasteiger partial charge on any atom is -0.269 e. The van der Waals surface area contributed by atoms with Gasteiger partial charge in [-0.25, -0.2) is 4.31 Å². The average Bonchev–Trinajstić information content (AvgIpc) is 2.61. The van der Waals surface area contributed by atoms with Crippen molar-refractivity contribution in [2.75, 3.05) is 4.31 Å². The lowest BCUT2D eigenvalue weighted by molar-refractivity contribution is 0.477. The van der Waals surface area contributed by atoms with E-state index in [2.05, 4.69) is 15.2 Å². The molecule has 0 saturated heterocycles. The zero-order valence-corrected chi connectivity index (χ0v) is 13.3. The maximum Gasteiger partial charge on any atom is 0.360 e. The molecule has 0 amide bonds. The van der Waals surface area contributed by atoms with Crippen molar-refractivity contribution in [2.24, 2.45) is 0 Å². The molecule has 8 heteroatoms. The van der Waals surface area contributed by atoms with Crippen molar-refractivity contribution in [2.45, 2.75) is 6.54 Å². The number of anilines is 1. The van der Waals surface area contributed by atoms with E-state index >= 15 is 0 Å². The van der Waals surface area contributed by atoms with Crippen LogP contribution in [0.2, 0.25) is 0 Å². The number of pyridine rings is 1. The highest BCUT2D eigenvalue weighted by Gasteiger charge is 2.21. The van der Waals surface area contributed by atoms with Crippen molar-refractivity contribution in [3.05, 3.63) is 72.7 Å². The molecule has 0 unspecified atom stereocenters. The maximum absolute atomic E-state index is 11.6. The summed E-state index contributed by atoms with van der Waals surface area (Å²) in [7, 11) is -4.45. The molecule has 24 heavy (non-hydrogen) atoms. The molecule has 0 spiro atoms. The summed E-state index contributed by atoms with van der Waals surface area (Å²) in [6, 6.07) is 16.1. The van der Waals surface area contributed by atoms with E-state index in [9.17, 15) is 13.0 Å². The van der Waals surface area contributed by atoms with Crippen molar-refractivity contribution in [1.29, 1.82) is 0 Å². The molecular weight excluding hydrogens is 328 g/mol. The van der Waals surface area contributed by atoms with E-state index in [-0.39, 0.29) is 12.2 Å². The van der Waals surface area contributed by atoms with Gasteiger partial charge in [0.25, 0.3) is 0 Å². The molecule has 0 atom stereocenters. The van der Waals surface area contributed by atoms with E-state index in [1.165, 1.54) is 18.5 Å². The zero-order valence-electron chi connectivity index (χ0n) is 12.5. The second kappa shape index (κ2) is 6.73. The van der Waals surface area contributed by atoms with E-state index in [0.717, 1.165) is 9.87 Å². The van der Waals surface area contributed by atoms with E-state index in [1.54, 1.807) is 18.2 Å². The highest BCUT2D eigenvalue weighted by molar-refractivity contribution is 7.87. The molecule has 3 rings (SSSR count). The molecule has 1 aromatic carbocycles. The normalized spacial score (nSPS) is 11.2. The summed E-state index contributed by atoms with van der Waals surface area (Å²) >= 11 is 0. The van der Waals surface area contributed by atoms with E-state index < -0.39 is 10.3 Å². The highest BCUT2D eigenvalue weighted by atomic mass is 32.2. The molecule has 3 aromatic rings. The Bertz CT molecular complexity index is 901. The molecule has 122 valence electrons. The van der Waals surface area contributed by atoms with E-state index in [0.29, 0.717) is 11.4 Å². The first-order valence-electron chi connectivity index (χ1n) is 7.07. The predicted octanol–water partition coefficient (Wildman–Crippen LogP) is 2.35. The second-order valence-corrected chi connectivity index (χ2v) is 6.31. The molecule has 0 saturated carbocycles. The van der Waals surface area contributed by atoms with Gasteiger partial charge < -0.3 is 0 Å². The fourth-order valence-corrected chi connectivity index (χ4v) is 2.83. The quantitative estimate of drug-likeness (QED) is 0.715. The Balaban J connectivity index is 1.86. The smallest absolute Gasteiger partial charge is 0.269 e. The van der Waals surface area contributed by atoms with Crippen molar-refractivity contribution >= 4 is 16.0 Å². The molecule has 0 aliphatic heterocycles. The van der Waals surface area contributed by atoms with Crippen LogP contribution in [0.5, 0.6) is 0 Å². The largest absolute Gasteiger partial charge is 0.360 e. The Labute approximate surface area is 139 Å². The molecule has 0 radical (unpaired) electrons. The van der Waals surface area contributed by atoms with E-state index in [1.807, 2.05) is 30.3 Å². The molecular formula is C16H14N4O3S. The van der Waals surface area contributed by atoms with Crippen LogP contribution in [-0.2, 0) is 16.8 Å². The van der Waals surface area contributed by atoms with Gasteiger partial charge in [0.1, 0.15) is 0 Å². The van der Waals surface area contributed by atoms with Crippen LogP contribution >= 0.6 is 0 Å². The lowest BCUT2D eigenvalue weighted by atomic mass is 10.1. The van der Waals surface area contributed by atoms with Gasteiger partial charge >= 0.3 is 10.3 Å². The Morgan fingerprint density at radius 1 is 0.958 bits per heavy atom. The average molecular weight is 342 g/mol. The number of rotatable bonds is 5. The van der Waals surface area contributed by atoms with Gasteiger partial charge in [0.15, 0.2) is 0 Å². The third-order valence-electron chi connectivity index (χ3n) is 3.31. The lowest BCUT2D eigenvalue weighted by Crippen LogP contribution is -2.30. The Hall–Kier alpha value is -2.84. The number of hydrogen-bond donors (Lipinski definition) is 1. The van der Waals surface area contributed by atoms with Crippen LogP contribution in [0.1, 0.15) is 5.69 Å². The van der Waals surface area contributed by atoms with Gasteiger partial charge in [0, 0.05) is 11.8 Å². The van der Waals surface area contributed by atoms with Gasteiger partial charge in [-0.1, -0.05) is 30.3 Å². The Morgan fingerprint density at radius 2 is 1.75 bits per heavy atom. The van der Waals surface area contributed by atoms with Crippen molar-refractivity contribution in [3.63, 3.8) is 0 Å². The van der Waals surface area contributed by atoms with Crippen molar-refractivity contribution in [1.82, 2.24) is 15.2 Å². The minimum absolute atomic E-state index is 0.146. The molecule has 0 fully saturated rings. The second-order valence-electron chi connectivity index (χ2n) is 4.97. The number of benzene rings is 1. The number of hydrogen-bond acceptors (Lipinski definition) is 5. The van der Waals surface area contributed by atoms with Crippen LogP contribution in [0.4, 0.5) is 5.69 Å². The maximum atomic E-state index is 11.6. The highest BCUT2D eigenvalue weighted by Crippen LogP contribution is 2.19. The monoisotopic (exact) mass is 342 g/mol. The first kappa shape index (κ1) is 16.0. The molecule has 0 aliphatic carbocycles. The fourth-order valence-electron chi connectivity index (χ4n) is 2.16. The molecule has 1 N–H and O–H groups in total. The summed E-state index contributed by atoms with van der Waals surface area (Å²) in [5, 5.41) is 8.16. The number of aromatic nitrogens is 3. The SMILES string of the molecule is O=S(=O)(O)N(Cc1ccc(-c2ccccc2)nn1)c1cccnc1. The standard InChI is InChI=1S/C16H14N4O3S/c21-24(22,23)20(15-7-4-10-17-11-15)12-14-8-9-16(19-18-14)13-5-2-1-3-6-13/h1-11H,12H2,(H,21,22,23). The lowest BCUT2D eigenvalue weighted by Gasteiger charge is -2.19. The van der Waals surface area contributed by atoms with Crippen LogP contribution in [0.15, 0.2) is 67.0 Å². The summed E-state index contributed by atoms with van der Waals surface area (Å²) in [6.07, 6.45) is 2.86. The number of nitrogens with zero attached hydrogens (tertiary/aromatic N) is 4. The summed E-state index contributed by atoms with van der Waals surface area (Å²) in [4.78, 5) is 3.86. The molecule has 0 bridgehead atoms. The fraction of sp³-hybridized carbons (Fsp3) is 0.0625. The van der Waals surface area contributed by atoms with Crippen LogP contribution < -0.4 is 4.31 Å². The predicted molar refractivity (Wildman–Crippen MR) is 89.4 cm³/mol. The first-order chi connectivity index (χ1) is 11.5. The molecule has 2 aromatic heterocycles. The molecule has 2 heterocycles. The summed E-state index contributed by atoms with van der Waals surface area (Å²) < 4.78 is 33.5. The van der Waals surface area contributed by atoms with Crippen LogP contribution in [-0.4, -0.2) is 28.2 Å². The minimum atomic E-state index is -4.45.